The highest BCUT2D eigenvalue weighted by Gasteiger charge is 2.30. The van der Waals surface area contributed by atoms with Crippen molar-refractivity contribution in [2.24, 2.45) is 11.8 Å². The van der Waals surface area contributed by atoms with Gasteiger partial charge in [-0.15, -0.1) is 0 Å². The molecule has 0 aromatic heterocycles. The maximum absolute atomic E-state index is 13.0. The number of aliphatic hydroxyl groups is 1. The largest absolute Gasteiger partial charge is 0.472 e. The van der Waals surface area contributed by atoms with Crippen LogP contribution in [0.3, 0.4) is 0 Å². The molecule has 0 fully saturated rings. The summed E-state index contributed by atoms with van der Waals surface area (Å²) in [5.74, 6) is -0.589. The Morgan fingerprint density at radius 2 is 0.539 bits per heavy atom. The summed E-state index contributed by atoms with van der Waals surface area (Å²) in [6, 6.07) is 0. The molecule has 89 heavy (non-hydrogen) atoms. The van der Waals surface area contributed by atoms with E-state index < -0.39 is 97.5 Å². The van der Waals surface area contributed by atoms with Gasteiger partial charge in [-0.3, -0.25) is 37.3 Å². The fourth-order valence-electron chi connectivity index (χ4n) is 10.5. The average Bonchev–Trinajstić information content (AvgIpc) is 3.69. The summed E-state index contributed by atoms with van der Waals surface area (Å²) in [5.41, 5.74) is 0. The van der Waals surface area contributed by atoms with E-state index in [2.05, 4.69) is 41.5 Å². The highest BCUT2D eigenvalue weighted by Crippen LogP contribution is 2.45. The summed E-state index contributed by atoms with van der Waals surface area (Å²) in [6.45, 7) is 9.53. The standard InChI is InChI=1S/C70H136O17P2/c1-7-11-13-15-17-19-21-22-23-25-29-33-40-46-52-67(72)80-58-65(86-70(75)55-49-43-35-31-27-26-28-32-38-44-50-62(5)9-3)60-84-88(76,77)82-56-64(71)57-83-89(78,79)85-61-66(59-81-68(73)53-47-41-37-36-39-45-51-63(6)10-4)87-69(74)54-48-42-34-30-24-20-18-16-14-12-8-2/h62-66,71H,7-61H2,1-6H3,(H,76,77)(H,78,79)/t62?,63?,64-,65-,66-/m1/s1. The Balaban J connectivity index is 5.26. The quantitative estimate of drug-likeness (QED) is 0.0222. The van der Waals surface area contributed by atoms with Gasteiger partial charge in [-0.25, -0.2) is 9.13 Å². The molecule has 0 aliphatic rings. The Bertz CT molecular complexity index is 1740. The Morgan fingerprint density at radius 3 is 0.798 bits per heavy atom. The molecule has 0 saturated heterocycles. The van der Waals surface area contributed by atoms with E-state index in [9.17, 15) is 43.2 Å². The van der Waals surface area contributed by atoms with Crippen LogP contribution in [0.4, 0.5) is 0 Å². The second kappa shape index (κ2) is 62.2. The van der Waals surface area contributed by atoms with Gasteiger partial charge in [0.25, 0.3) is 0 Å². The molecule has 19 heteroatoms. The van der Waals surface area contributed by atoms with E-state index >= 15 is 0 Å². The third-order valence-corrected chi connectivity index (χ3v) is 18.8. The Hall–Kier alpha value is -1.94. The maximum Gasteiger partial charge on any atom is 0.472 e. The van der Waals surface area contributed by atoms with Gasteiger partial charge in [0, 0.05) is 25.7 Å². The van der Waals surface area contributed by atoms with E-state index in [1.807, 2.05) is 0 Å². The minimum Gasteiger partial charge on any atom is -0.462 e. The molecule has 0 heterocycles. The lowest BCUT2D eigenvalue weighted by molar-refractivity contribution is -0.161. The molecule has 0 rings (SSSR count). The third-order valence-electron chi connectivity index (χ3n) is 16.9. The van der Waals surface area contributed by atoms with Crippen molar-refractivity contribution in [3.63, 3.8) is 0 Å². The zero-order valence-electron chi connectivity index (χ0n) is 57.7. The van der Waals surface area contributed by atoms with Crippen molar-refractivity contribution in [2.75, 3.05) is 39.6 Å². The molecule has 0 aliphatic carbocycles. The normalized spacial score (nSPS) is 14.8. The molecule has 528 valence electrons. The van der Waals surface area contributed by atoms with Crippen molar-refractivity contribution in [1.29, 1.82) is 0 Å². The minimum absolute atomic E-state index is 0.106. The molecule has 7 atom stereocenters. The second-order valence-electron chi connectivity index (χ2n) is 25.8. The molecule has 0 amide bonds. The number of phosphoric ester groups is 2. The summed E-state index contributed by atoms with van der Waals surface area (Å²) in [7, 11) is -9.90. The Labute approximate surface area is 543 Å². The van der Waals surface area contributed by atoms with E-state index in [0.717, 1.165) is 108 Å². The molecule has 0 spiro atoms. The number of ether oxygens (including phenoxy) is 4. The lowest BCUT2D eigenvalue weighted by Gasteiger charge is -2.21. The highest BCUT2D eigenvalue weighted by atomic mass is 31.2. The van der Waals surface area contributed by atoms with Gasteiger partial charge < -0.3 is 33.8 Å². The van der Waals surface area contributed by atoms with Crippen molar-refractivity contribution < 1.29 is 80.2 Å². The predicted molar refractivity (Wildman–Crippen MR) is 358 cm³/mol. The van der Waals surface area contributed by atoms with Crippen molar-refractivity contribution in [2.45, 2.75) is 374 Å². The van der Waals surface area contributed by atoms with Gasteiger partial charge in [0.2, 0.25) is 0 Å². The molecular formula is C70H136O17P2. The molecule has 0 aliphatic heterocycles. The molecule has 0 aromatic carbocycles. The van der Waals surface area contributed by atoms with E-state index in [0.29, 0.717) is 25.7 Å². The average molecular weight is 1310 g/mol. The summed E-state index contributed by atoms with van der Waals surface area (Å²) < 4.78 is 68.3. The highest BCUT2D eigenvalue weighted by molar-refractivity contribution is 7.47. The first kappa shape index (κ1) is 87.1. The monoisotopic (exact) mass is 1310 g/mol. The fraction of sp³-hybridized carbons (Fsp3) is 0.943. The number of rotatable bonds is 69. The lowest BCUT2D eigenvalue weighted by atomic mass is 9.99. The van der Waals surface area contributed by atoms with Crippen molar-refractivity contribution in [3.05, 3.63) is 0 Å². The number of carbonyl (C=O) groups excluding carboxylic acids is 4. The number of phosphoric acid groups is 2. The van der Waals surface area contributed by atoms with Crippen LogP contribution in [-0.4, -0.2) is 96.7 Å². The first-order valence-corrected chi connectivity index (χ1v) is 39.6. The second-order valence-corrected chi connectivity index (χ2v) is 28.7. The van der Waals surface area contributed by atoms with Crippen LogP contribution < -0.4 is 0 Å². The van der Waals surface area contributed by atoms with Crippen molar-refractivity contribution in [1.82, 2.24) is 0 Å². The molecule has 0 bridgehead atoms. The smallest absolute Gasteiger partial charge is 0.462 e. The SMILES string of the molecule is CCCCCCCCCCCCCCCCC(=O)OC[C@H](COP(=O)(O)OC[C@@H](O)COP(=O)(O)OC[C@@H](COC(=O)CCCCCCCCC(C)CC)OC(=O)CCCCCCCCCCCCC)OC(=O)CCCCCCCCCCCCC(C)CC. The first-order valence-electron chi connectivity index (χ1n) is 36.6. The van der Waals surface area contributed by atoms with Gasteiger partial charge in [-0.2, -0.15) is 0 Å². The van der Waals surface area contributed by atoms with Crippen LogP contribution in [0.25, 0.3) is 0 Å². The fourth-order valence-corrected chi connectivity index (χ4v) is 12.1. The van der Waals surface area contributed by atoms with E-state index in [-0.39, 0.29) is 25.7 Å². The van der Waals surface area contributed by atoms with E-state index in [1.54, 1.807) is 0 Å². The number of unbranched alkanes of at least 4 members (excludes halogenated alkanes) is 37. The Morgan fingerprint density at radius 1 is 0.315 bits per heavy atom. The van der Waals surface area contributed by atoms with Gasteiger partial charge >= 0.3 is 39.5 Å². The number of carbonyl (C=O) groups is 4. The number of hydrogen-bond donors (Lipinski definition) is 3. The van der Waals surface area contributed by atoms with Crippen LogP contribution in [-0.2, 0) is 65.4 Å². The molecule has 0 saturated carbocycles. The van der Waals surface area contributed by atoms with Gasteiger partial charge in [-0.1, -0.05) is 305 Å². The van der Waals surface area contributed by atoms with Gasteiger partial charge in [0.05, 0.1) is 26.4 Å². The minimum atomic E-state index is -4.95. The summed E-state index contributed by atoms with van der Waals surface area (Å²) >= 11 is 0. The molecule has 3 N–H and O–H groups in total. The zero-order valence-corrected chi connectivity index (χ0v) is 59.5. The van der Waals surface area contributed by atoms with Gasteiger partial charge in [0.15, 0.2) is 12.2 Å². The van der Waals surface area contributed by atoms with Crippen molar-refractivity contribution in [3.8, 4) is 0 Å². The molecule has 17 nitrogen and oxygen atoms in total. The first-order chi connectivity index (χ1) is 42.9. The molecule has 0 aromatic rings. The van der Waals surface area contributed by atoms with Gasteiger partial charge in [-0.05, 0) is 37.5 Å². The topological polar surface area (TPSA) is 237 Å². The van der Waals surface area contributed by atoms with Crippen LogP contribution in [0.5, 0.6) is 0 Å². The number of esters is 4. The predicted octanol–water partition coefficient (Wildman–Crippen LogP) is 20.0. The van der Waals surface area contributed by atoms with Crippen molar-refractivity contribution >= 4 is 39.5 Å². The zero-order chi connectivity index (χ0) is 65.7. The summed E-state index contributed by atoms with van der Waals surface area (Å²) in [5, 5.41) is 10.6. The van der Waals surface area contributed by atoms with Crippen LogP contribution in [0.2, 0.25) is 0 Å². The molecule has 0 radical (unpaired) electrons. The summed E-state index contributed by atoms with van der Waals surface area (Å²) in [4.78, 5) is 72.5. The lowest BCUT2D eigenvalue weighted by Crippen LogP contribution is -2.30. The van der Waals surface area contributed by atoms with Crippen LogP contribution in [0.15, 0.2) is 0 Å². The number of aliphatic hydroxyl groups excluding tert-OH is 1. The third kappa shape index (κ3) is 62.0. The van der Waals surface area contributed by atoms with Crippen LogP contribution in [0.1, 0.15) is 356 Å². The van der Waals surface area contributed by atoms with Crippen LogP contribution in [0, 0.1) is 11.8 Å². The summed E-state index contributed by atoms with van der Waals surface area (Å²) in [6.07, 6.45) is 47.0. The molecular weight excluding hydrogens is 1170 g/mol. The maximum atomic E-state index is 13.0. The van der Waals surface area contributed by atoms with E-state index in [1.165, 1.54) is 167 Å². The number of hydrogen-bond acceptors (Lipinski definition) is 15. The van der Waals surface area contributed by atoms with Gasteiger partial charge in [0.1, 0.15) is 19.3 Å². The molecule has 4 unspecified atom stereocenters. The van der Waals surface area contributed by atoms with E-state index in [4.69, 9.17) is 37.0 Å². The Kier molecular flexibility index (Phi) is 60.8. The van der Waals surface area contributed by atoms with Crippen LogP contribution >= 0.6 is 15.6 Å².